The minimum atomic E-state index is -1.88. The average molecular weight is 517 g/mol. The Morgan fingerprint density at radius 2 is 1.59 bits per heavy atom. The van der Waals surface area contributed by atoms with Crippen LogP contribution >= 0.6 is 47.0 Å². The van der Waals surface area contributed by atoms with Gasteiger partial charge in [0.05, 0.1) is 12.2 Å². The second kappa shape index (κ2) is 12.3. The molecule has 1 atom stereocenters. The Balaban J connectivity index is 1.97. The third-order valence-corrected chi connectivity index (χ3v) is 5.18. The summed E-state index contributed by atoms with van der Waals surface area (Å²) in [5, 5.41) is 8.45. The molecule has 0 aliphatic carbocycles. The molecule has 0 fully saturated rings. The van der Waals surface area contributed by atoms with Gasteiger partial charge in [0.15, 0.2) is 5.11 Å². The van der Waals surface area contributed by atoms with Gasteiger partial charge in [0.25, 0.3) is 5.91 Å². The van der Waals surface area contributed by atoms with E-state index in [1.54, 1.807) is 36.4 Å². The number of thiocarbonyl (C=S) groups is 1. The van der Waals surface area contributed by atoms with Crippen molar-refractivity contribution >= 4 is 69.7 Å². The molecule has 0 aliphatic heterocycles. The van der Waals surface area contributed by atoms with Gasteiger partial charge in [-0.25, -0.2) is 4.79 Å². The van der Waals surface area contributed by atoms with Crippen LogP contribution in [-0.2, 0) is 4.74 Å². The van der Waals surface area contributed by atoms with E-state index in [0.717, 1.165) is 18.4 Å². The van der Waals surface area contributed by atoms with E-state index in [0.29, 0.717) is 23.4 Å². The molecule has 172 valence electrons. The molecule has 32 heavy (non-hydrogen) atoms. The number of hydrogen-bond acceptors (Lipinski definition) is 4. The fraction of sp³-hybridized carbons (Fsp3) is 0.318. The number of benzene rings is 2. The number of carbonyl (C=O) groups excluding carboxylic acids is 2. The topological polar surface area (TPSA) is 79.5 Å². The summed E-state index contributed by atoms with van der Waals surface area (Å²) < 4.78 is 3.30. The highest BCUT2D eigenvalue weighted by Crippen LogP contribution is 2.29. The van der Waals surface area contributed by atoms with Gasteiger partial charge in [-0.2, -0.15) is 0 Å². The summed E-state index contributed by atoms with van der Waals surface area (Å²) in [4.78, 5) is 24.5. The summed E-state index contributed by atoms with van der Waals surface area (Å²) in [6.07, 6.45) is 0.659. The van der Waals surface area contributed by atoms with E-state index in [9.17, 15) is 9.59 Å². The fourth-order valence-corrected chi connectivity index (χ4v) is 3.06. The van der Waals surface area contributed by atoms with Crippen LogP contribution in [-0.4, -0.2) is 33.6 Å². The lowest BCUT2D eigenvalue weighted by Crippen LogP contribution is -2.56. The monoisotopic (exact) mass is 515 g/mol. The smallest absolute Gasteiger partial charge is 0.338 e. The van der Waals surface area contributed by atoms with Crippen molar-refractivity contribution in [2.75, 3.05) is 11.9 Å². The highest BCUT2D eigenvalue weighted by atomic mass is 35.6. The number of ether oxygens (including phenoxy) is 1. The number of nitrogens with one attached hydrogen (secondary N) is 3. The van der Waals surface area contributed by atoms with Crippen molar-refractivity contribution < 1.29 is 14.3 Å². The molecular formula is C22H24Cl3N3O3S. The number of alkyl halides is 3. The Bertz CT molecular complexity index is 932. The normalized spacial score (nSPS) is 11.9. The highest BCUT2D eigenvalue weighted by molar-refractivity contribution is 7.80. The molecule has 2 rings (SSSR count). The van der Waals surface area contributed by atoms with Gasteiger partial charge in [-0.15, -0.1) is 0 Å². The van der Waals surface area contributed by atoms with Crippen LogP contribution in [0.15, 0.2) is 48.5 Å². The molecule has 0 aromatic heterocycles. The van der Waals surface area contributed by atoms with Crippen LogP contribution < -0.4 is 16.0 Å². The van der Waals surface area contributed by atoms with Gasteiger partial charge in [0.2, 0.25) is 3.79 Å². The van der Waals surface area contributed by atoms with Crippen LogP contribution in [0.1, 0.15) is 46.0 Å². The molecule has 3 N–H and O–H groups in total. The summed E-state index contributed by atoms with van der Waals surface area (Å²) in [6.45, 7) is 4.32. The van der Waals surface area contributed by atoms with Crippen molar-refractivity contribution in [3.05, 3.63) is 65.2 Å². The molecule has 0 unspecified atom stereocenters. The number of halogens is 3. The Morgan fingerprint density at radius 1 is 1.00 bits per heavy atom. The van der Waals surface area contributed by atoms with Crippen molar-refractivity contribution in [2.24, 2.45) is 0 Å². The van der Waals surface area contributed by atoms with Crippen molar-refractivity contribution in [3.8, 4) is 0 Å². The number of unbranched alkanes of at least 4 members (excludes halogenated alkanes) is 1. The lowest BCUT2D eigenvalue weighted by Gasteiger charge is -2.27. The van der Waals surface area contributed by atoms with Gasteiger partial charge in [0.1, 0.15) is 6.17 Å². The maximum absolute atomic E-state index is 12.5. The first kappa shape index (κ1) is 26.2. The van der Waals surface area contributed by atoms with Gasteiger partial charge in [0, 0.05) is 11.3 Å². The molecule has 10 heteroatoms. The second-order valence-corrected chi connectivity index (χ2v) is 9.76. The standard InChI is InChI=1S/C22H24Cl3N3O3S/c1-3-4-13-31-19(30)16-9-11-17(12-10-16)26-21(32)28-20(22(23,24)25)27-18(29)15-7-5-14(2)6-8-15/h5-12,20H,3-4,13H2,1-2H3,(H,27,29)(H2,26,28,32)/t20-/m1/s1. The highest BCUT2D eigenvalue weighted by Gasteiger charge is 2.34. The predicted octanol–water partition coefficient (Wildman–Crippen LogP) is 5.36. The molecule has 2 aromatic carbocycles. The summed E-state index contributed by atoms with van der Waals surface area (Å²) in [5.74, 6) is -0.816. The zero-order valence-electron chi connectivity index (χ0n) is 17.6. The quantitative estimate of drug-likeness (QED) is 0.144. The van der Waals surface area contributed by atoms with Gasteiger partial charge in [-0.05, 0) is 62.0 Å². The van der Waals surface area contributed by atoms with E-state index in [1.165, 1.54) is 0 Å². The average Bonchev–Trinajstić information content (AvgIpc) is 2.73. The van der Waals surface area contributed by atoms with Crippen molar-refractivity contribution in [2.45, 2.75) is 36.6 Å². The zero-order chi connectivity index (χ0) is 23.7. The first-order valence-electron chi connectivity index (χ1n) is 9.89. The number of esters is 1. The van der Waals surface area contributed by atoms with Gasteiger partial charge >= 0.3 is 5.97 Å². The summed E-state index contributed by atoms with van der Waals surface area (Å²) in [5.41, 5.74) is 2.45. The lowest BCUT2D eigenvalue weighted by atomic mass is 10.1. The minimum Gasteiger partial charge on any atom is -0.462 e. The molecule has 0 aliphatic rings. The van der Waals surface area contributed by atoms with Crippen molar-refractivity contribution in [1.82, 2.24) is 10.6 Å². The Kier molecular flexibility index (Phi) is 10.0. The molecule has 6 nitrogen and oxygen atoms in total. The van der Waals surface area contributed by atoms with Crippen LogP contribution in [0.3, 0.4) is 0 Å². The van der Waals surface area contributed by atoms with Crippen molar-refractivity contribution in [3.63, 3.8) is 0 Å². The molecular weight excluding hydrogens is 493 g/mol. The van der Waals surface area contributed by atoms with Crippen LogP contribution in [0.25, 0.3) is 0 Å². The minimum absolute atomic E-state index is 0.115. The van der Waals surface area contributed by atoms with Crippen LogP contribution in [0, 0.1) is 6.92 Å². The molecule has 2 aromatic rings. The van der Waals surface area contributed by atoms with Crippen LogP contribution in [0.4, 0.5) is 5.69 Å². The van der Waals surface area contributed by atoms with E-state index in [2.05, 4.69) is 16.0 Å². The molecule has 0 bridgehead atoms. The number of hydrogen-bond donors (Lipinski definition) is 3. The third kappa shape index (κ3) is 8.47. The Hall–Kier alpha value is -2.06. The molecule has 0 saturated carbocycles. The second-order valence-electron chi connectivity index (χ2n) is 6.98. The largest absolute Gasteiger partial charge is 0.462 e. The summed E-state index contributed by atoms with van der Waals surface area (Å²) in [7, 11) is 0. The number of amides is 1. The van der Waals surface area contributed by atoms with Gasteiger partial charge < -0.3 is 20.7 Å². The van der Waals surface area contributed by atoms with E-state index < -0.39 is 15.9 Å². The van der Waals surface area contributed by atoms with E-state index in [1.807, 2.05) is 26.0 Å². The first-order chi connectivity index (χ1) is 15.1. The predicted molar refractivity (Wildman–Crippen MR) is 134 cm³/mol. The SMILES string of the molecule is CCCCOC(=O)c1ccc(NC(=S)N[C@@H](NC(=O)c2ccc(C)cc2)C(Cl)(Cl)Cl)cc1. The fourth-order valence-electron chi connectivity index (χ4n) is 2.50. The summed E-state index contributed by atoms with van der Waals surface area (Å²) in [6, 6.07) is 13.5. The molecule has 0 heterocycles. The lowest BCUT2D eigenvalue weighted by molar-refractivity contribution is 0.0499. The van der Waals surface area contributed by atoms with Gasteiger partial charge in [-0.1, -0.05) is 65.8 Å². The maximum atomic E-state index is 12.5. The van der Waals surface area contributed by atoms with Crippen LogP contribution in [0.5, 0.6) is 0 Å². The first-order valence-corrected chi connectivity index (χ1v) is 11.4. The molecule has 0 radical (unpaired) electrons. The van der Waals surface area contributed by atoms with Gasteiger partial charge in [-0.3, -0.25) is 4.79 Å². The van der Waals surface area contributed by atoms with E-state index >= 15 is 0 Å². The third-order valence-electron chi connectivity index (χ3n) is 4.30. The Morgan fingerprint density at radius 3 is 2.16 bits per heavy atom. The number of rotatable bonds is 8. The van der Waals surface area contributed by atoms with Crippen LogP contribution in [0.2, 0.25) is 0 Å². The molecule has 0 saturated heterocycles. The summed E-state index contributed by atoms with van der Waals surface area (Å²) >= 11 is 23.4. The van der Waals surface area contributed by atoms with E-state index in [4.69, 9.17) is 51.8 Å². The van der Waals surface area contributed by atoms with Crippen molar-refractivity contribution in [1.29, 1.82) is 0 Å². The molecule has 0 spiro atoms. The number of aryl methyl sites for hydroxylation is 1. The Labute approximate surface area is 207 Å². The molecule has 1 amide bonds. The zero-order valence-corrected chi connectivity index (χ0v) is 20.7. The maximum Gasteiger partial charge on any atom is 0.338 e. The number of anilines is 1. The van der Waals surface area contributed by atoms with E-state index in [-0.39, 0.29) is 11.1 Å². The number of carbonyl (C=O) groups is 2.